The third-order valence-corrected chi connectivity index (χ3v) is 1.62. The van der Waals surface area contributed by atoms with E-state index in [0.29, 0.717) is 12.7 Å². The molecule has 1 N–H and O–H groups in total. The first-order chi connectivity index (χ1) is 7.47. The second-order valence-corrected chi connectivity index (χ2v) is 3.20. The van der Waals surface area contributed by atoms with Crippen molar-refractivity contribution in [3.8, 4) is 0 Å². The van der Waals surface area contributed by atoms with Gasteiger partial charge in [-0.1, -0.05) is 13.2 Å². The lowest BCUT2D eigenvalue weighted by atomic mass is 10.3. The summed E-state index contributed by atoms with van der Waals surface area (Å²) < 4.78 is 9.61. The molecule has 1 unspecified atom stereocenters. The van der Waals surface area contributed by atoms with Crippen LogP contribution in [-0.4, -0.2) is 36.4 Å². The second kappa shape index (κ2) is 7.64. The van der Waals surface area contributed by atoms with Gasteiger partial charge in [0.05, 0.1) is 19.3 Å². The molecule has 0 saturated carbocycles. The van der Waals surface area contributed by atoms with Crippen molar-refractivity contribution in [1.82, 2.24) is 0 Å². The first-order valence-electron chi connectivity index (χ1n) is 4.77. The molecule has 0 aliphatic carbocycles. The molecule has 1 aliphatic heterocycles. The van der Waals surface area contributed by atoms with Crippen LogP contribution in [0.25, 0.3) is 0 Å². The van der Waals surface area contributed by atoms with Crippen molar-refractivity contribution < 1.29 is 24.2 Å². The van der Waals surface area contributed by atoms with E-state index in [0.717, 1.165) is 19.1 Å². The molecule has 0 bridgehead atoms. The Morgan fingerprint density at radius 1 is 1.62 bits per heavy atom. The average molecular weight is 228 g/mol. The van der Waals surface area contributed by atoms with E-state index >= 15 is 0 Å². The summed E-state index contributed by atoms with van der Waals surface area (Å²) in [6.45, 7) is 9.12. The van der Waals surface area contributed by atoms with Crippen LogP contribution in [0.5, 0.6) is 0 Å². The molecule has 0 aromatic carbocycles. The van der Waals surface area contributed by atoms with Crippen LogP contribution in [-0.2, 0) is 19.1 Å². The van der Waals surface area contributed by atoms with Crippen molar-refractivity contribution in [3.05, 3.63) is 24.8 Å². The van der Waals surface area contributed by atoms with Crippen LogP contribution < -0.4 is 0 Å². The van der Waals surface area contributed by atoms with E-state index in [1.165, 1.54) is 6.92 Å². The van der Waals surface area contributed by atoms with E-state index in [9.17, 15) is 9.59 Å². The third kappa shape index (κ3) is 8.96. The maximum atomic E-state index is 10.4. The minimum absolute atomic E-state index is 0.176. The number of hydrogen-bond donors (Lipinski definition) is 1. The van der Waals surface area contributed by atoms with Crippen molar-refractivity contribution in [1.29, 1.82) is 0 Å². The van der Waals surface area contributed by atoms with Crippen LogP contribution in [0.1, 0.15) is 13.3 Å². The van der Waals surface area contributed by atoms with Crippen molar-refractivity contribution in [2.24, 2.45) is 0 Å². The van der Waals surface area contributed by atoms with Gasteiger partial charge < -0.3 is 14.6 Å². The van der Waals surface area contributed by atoms with Crippen molar-refractivity contribution >= 4 is 11.9 Å². The molecule has 1 saturated heterocycles. The number of hydrogen-bond acceptors (Lipinski definition) is 4. The van der Waals surface area contributed by atoms with Crippen molar-refractivity contribution in [2.75, 3.05) is 13.2 Å². The number of carboxylic acids is 1. The van der Waals surface area contributed by atoms with Crippen molar-refractivity contribution in [3.63, 3.8) is 0 Å². The van der Waals surface area contributed by atoms with Gasteiger partial charge in [0.1, 0.15) is 0 Å². The van der Waals surface area contributed by atoms with Gasteiger partial charge in [-0.25, -0.2) is 9.59 Å². The fourth-order valence-electron chi connectivity index (χ4n) is 0.585. The number of esters is 1. The standard InChI is InChI=1S/C7H10O3.C4H6O2/c1-2-7(8)9-4-3-6-5-10-6;1-3(2)4(5)6/h2,6H,1,3-5H2;1H2,2H3,(H,5,6). The van der Waals surface area contributed by atoms with Gasteiger partial charge in [0.25, 0.3) is 0 Å². The maximum absolute atomic E-state index is 10.4. The van der Waals surface area contributed by atoms with Crippen molar-refractivity contribution in [2.45, 2.75) is 19.4 Å². The molecular weight excluding hydrogens is 212 g/mol. The van der Waals surface area contributed by atoms with E-state index in [-0.39, 0.29) is 11.5 Å². The summed E-state index contributed by atoms with van der Waals surface area (Å²) in [4.78, 5) is 20.0. The number of carboxylic acid groups (broad SMARTS) is 1. The highest BCUT2D eigenvalue weighted by molar-refractivity contribution is 5.84. The number of rotatable bonds is 5. The Morgan fingerprint density at radius 3 is 2.44 bits per heavy atom. The highest BCUT2D eigenvalue weighted by Gasteiger charge is 2.21. The van der Waals surface area contributed by atoms with Crippen LogP contribution in [0.15, 0.2) is 24.8 Å². The predicted octanol–water partition coefficient (Wildman–Crippen LogP) is 1.15. The Kier molecular flexibility index (Phi) is 6.87. The smallest absolute Gasteiger partial charge is 0.330 e. The average Bonchev–Trinajstić information content (AvgIpc) is 3.02. The zero-order chi connectivity index (χ0) is 12.6. The molecule has 1 rings (SSSR count). The quantitative estimate of drug-likeness (QED) is 0.434. The van der Waals surface area contributed by atoms with Gasteiger partial charge in [0.2, 0.25) is 0 Å². The molecule has 1 fully saturated rings. The lowest BCUT2D eigenvalue weighted by Crippen LogP contribution is -2.03. The largest absolute Gasteiger partial charge is 0.478 e. The van der Waals surface area contributed by atoms with Crippen LogP contribution in [0.4, 0.5) is 0 Å². The van der Waals surface area contributed by atoms with Crippen LogP contribution in [0.3, 0.4) is 0 Å². The van der Waals surface area contributed by atoms with Gasteiger partial charge in [-0.3, -0.25) is 0 Å². The van der Waals surface area contributed by atoms with E-state index < -0.39 is 5.97 Å². The van der Waals surface area contributed by atoms with E-state index in [1.54, 1.807) is 0 Å². The topological polar surface area (TPSA) is 76.1 Å². The summed E-state index contributed by atoms with van der Waals surface area (Å²) in [6.07, 6.45) is 2.30. The highest BCUT2D eigenvalue weighted by Crippen LogP contribution is 2.12. The zero-order valence-corrected chi connectivity index (χ0v) is 9.27. The summed E-state index contributed by atoms with van der Waals surface area (Å²) >= 11 is 0. The molecule has 1 atom stereocenters. The molecule has 90 valence electrons. The Balaban J connectivity index is 0.000000325. The molecule has 0 aromatic heterocycles. The molecule has 0 amide bonds. The van der Waals surface area contributed by atoms with Gasteiger partial charge in [-0.05, 0) is 6.92 Å². The van der Waals surface area contributed by atoms with Gasteiger partial charge >= 0.3 is 11.9 Å². The van der Waals surface area contributed by atoms with E-state index in [4.69, 9.17) is 14.6 Å². The third-order valence-electron chi connectivity index (χ3n) is 1.62. The Hall–Kier alpha value is -1.62. The summed E-state index contributed by atoms with van der Waals surface area (Å²) in [7, 11) is 0. The Morgan fingerprint density at radius 2 is 2.12 bits per heavy atom. The summed E-state index contributed by atoms with van der Waals surface area (Å²) in [5, 5.41) is 7.89. The molecule has 16 heavy (non-hydrogen) atoms. The lowest BCUT2D eigenvalue weighted by molar-refractivity contribution is -0.138. The minimum atomic E-state index is -0.935. The Bertz CT molecular complexity index is 266. The molecule has 5 heteroatoms. The van der Waals surface area contributed by atoms with Crippen LogP contribution in [0, 0.1) is 0 Å². The molecule has 1 aliphatic rings. The molecule has 1 heterocycles. The number of carbonyl (C=O) groups excluding carboxylic acids is 1. The van der Waals surface area contributed by atoms with Crippen LogP contribution >= 0.6 is 0 Å². The maximum Gasteiger partial charge on any atom is 0.330 e. The number of carbonyl (C=O) groups is 2. The van der Waals surface area contributed by atoms with E-state index in [2.05, 4.69) is 13.2 Å². The fraction of sp³-hybridized carbons (Fsp3) is 0.455. The predicted molar refractivity (Wildman–Crippen MR) is 58.0 cm³/mol. The van der Waals surface area contributed by atoms with Crippen LogP contribution in [0.2, 0.25) is 0 Å². The number of epoxide rings is 1. The monoisotopic (exact) mass is 228 g/mol. The SMILES string of the molecule is C=C(C)C(=O)O.C=CC(=O)OCCC1CO1. The molecule has 0 spiro atoms. The normalized spacial score (nSPS) is 16.4. The van der Waals surface area contributed by atoms with Gasteiger partial charge in [0.15, 0.2) is 0 Å². The zero-order valence-electron chi connectivity index (χ0n) is 9.27. The summed E-state index contributed by atoms with van der Waals surface area (Å²) in [5.74, 6) is -1.30. The summed E-state index contributed by atoms with van der Waals surface area (Å²) in [5.41, 5.74) is 0.176. The van der Waals surface area contributed by atoms with Gasteiger partial charge in [0, 0.05) is 18.1 Å². The summed E-state index contributed by atoms with van der Waals surface area (Å²) in [6, 6.07) is 0. The Labute approximate surface area is 94.4 Å². The first-order valence-corrected chi connectivity index (χ1v) is 4.77. The fourth-order valence-corrected chi connectivity index (χ4v) is 0.585. The van der Waals surface area contributed by atoms with E-state index in [1.807, 2.05) is 0 Å². The molecule has 0 aromatic rings. The molecule has 5 nitrogen and oxygen atoms in total. The second-order valence-electron chi connectivity index (χ2n) is 3.20. The van der Waals surface area contributed by atoms with Gasteiger partial charge in [-0.2, -0.15) is 0 Å². The molecular formula is C11H16O5. The number of ether oxygens (including phenoxy) is 2. The first kappa shape index (κ1) is 14.4. The lowest BCUT2D eigenvalue weighted by Gasteiger charge is -1.97. The number of aliphatic carboxylic acids is 1. The minimum Gasteiger partial charge on any atom is -0.478 e. The van der Waals surface area contributed by atoms with Gasteiger partial charge in [-0.15, -0.1) is 0 Å². The molecule has 0 radical (unpaired) electrons. The highest BCUT2D eigenvalue weighted by atomic mass is 16.6.